The lowest BCUT2D eigenvalue weighted by Crippen LogP contribution is -2.56. The van der Waals surface area contributed by atoms with Crippen molar-refractivity contribution in [1.82, 2.24) is 9.55 Å². The van der Waals surface area contributed by atoms with Crippen molar-refractivity contribution in [2.45, 2.75) is 65.0 Å². The van der Waals surface area contributed by atoms with Gasteiger partial charge in [-0.15, -0.1) is 0 Å². The minimum absolute atomic E-state index is 0.139. The molecule has 1 heterocycles. The summed E-state index contributed by atoms with van der Waals surface area (Å²) in [5.41, 5.74) is 9.22. The Hall–Kier alpha value is -1.35. The smallest absolute Gasteiger partial charge is 0.111 e. The number of aryl methyl sites for hydroxylation is 1. The molecule has 1 aromatic carbocycles. The third-order valence-electron chi connectivity index (χ3n) is 5.55. The van der Waals surface area contributed by atoms with Crippen LogP contribution in [0.4, 0.5) is 0 Å². The summed E-state index contributed by atoms with van der Waals surface area (Å²) in [6, 6.07) is 8.40. The fourth-order valence-corrected chi connectivity index (χ4v) is 3.82. The van der Waals surface area contributed by atoms with Gasteiger partial charge in [0.2, 0.25) is 0 Å². The molecule has 0 radical (unpaired) electrons. The first-order valence-corrected chi connectivity index (χ1v) is 8.20. The van der Waals surface area contributed by atoms with Crippen LogP contribution in [-0.4, -0.2) is 15.1 Å². The molecule has 0 aliphatic heterocycles. The quantitative estimate of drug-likeness (QED) is 0.929. The van der Waals surface area contributed by atoms with Gasteiger partial charge in [-0.3, -0.25) is 0 Å². The normalized spacial score (nSPS) is 25.3. The van der Waals surface area contributed by atoms with Crippen LogP contribution in [-0.2, 0) is 13.0 Å². The average molecular weight is 285 g/mol. The van der Waals surface area contributed by atoms with Crippen molar-refractivity contribution in [2.75, 3.05) is 0 Å². The molecule has 2 N–H and O–H groups in total. The number of fused-ring (bicyclic) bond motifs is 1. The zero-order valence-corrected chi connectivity index (χ0v) is 13.5. The van der Waals surface area contributed by atoms with E-state index in [0.29, 0.717) is 0 Å². The molecule has 3 nitrogen and oxygen atoms in total. The monoisotopic (exact) mass is 285 g/mol. The lowest BCUT2D eigenvalue weighted by Gasteiger charge is -2.47. The molecular formula is C18H27N3. The van der Waals surface area contributed by atoms with Gasteiger partial charge in [-0.05, 0) is 37.3 Å². The number of para-hydroxylation sites is 2. The predicted molar refractivity (Wildman–Crippen MR) is 88.3 cm³/mol. The van der Waals surface area contributed by atoms with Gasteiger partial charge in [0.15, 0.2) is 0 Å². The zero-order chi connectivity index (χ0) is 15.1. The van der Waals surface area contributed by atoms with E-state index >= 15 is 0 Å². The number of aromatic nitrogens is 2. The lowest BCUT2D eigenvalue weighted by atomic mass is 9.62. The minimum atomic E-state index is -0.139. The highest BCUT2D eigenvalue weighted by atomic mass is 15.1. The van der Waals surface area contributed by atoms with Crippen LogP contribution in [0.2, 0.25) is 0 Å². The van der Waals surface area contributed by atoms with Crippen LogP contribution in [0.15, 0.2) is 24.3 Å². The molecule has 1 aliphatic carbocycles. The second kappa shape index (κ2) is 5.13. The van der Waals surface area contributed by atoms with Crippen molar-refractivity contribution in [2.24, 2.45) is 11.1 Å². The predicted octanol–water partition coefficient (Wildman–Crippen LogP) is 3.90. The molecule has 1 fully saturated rings. The Kier molecular flexibility index (Phi) is 3.56. The highest BCUT2D eigenvalue weighted by molar-refractivity contribution is 5.75. The molecule has 3 heteroatoms. The number of nitrogens with zero attached hydrogens (tertiary/aromatic N) is 2. The third-order valence-corrected chi connectivity index (χ3v) is 5.55. The Morgan fingerprint density at radius 2 is 1.90 bits per heavy atom. The first-order chi connectivity index (χ1) is 9.97. The number of benzene rings is 1. The average Bonchev–Trinajstić information content (AvgIpc) is 2.79. The first-order valence-electron chi connectivity index (χ1n) is 8.20. The Morgan fingerprint density at radius 3 is 2.62 bits per heavy atom. The van der Waals surface area contributed by atoms with Crippen molar-refractivity contribution in [3.8, 4) is 0 Å². The molecule has 1 unspecified atom stereocenters. The number of hydrogen-bond donors (Lipinski definition) is 1. The van der Waals surface area contributed by atoms with Gasteiger partial charge in [-0.25, -0.2) is 4.98 Å². The summed E-state index contributed by atoms with van der Waals surface area (Å²) in [5.74, 6) is 1.15. The molecule has 21 heavy (non-hydrogen) atoms. The summed E-state index contributed by atoms with van der Waals surface area (Å²) < 4.78 is 2.33. The fraction of sp³-hybridized carbons (Fsp3) is 0.611. The van der Waals surface area contributed by atoms with Gasteiger partial charge in [0.05, 0.1) is 11.0 Å². The zero-order valence-electron chi connectivity index (χ0n) is 13.5. The second-order valence-corrected chi connectivity index (χ2v) is 7.18. The molecule has 3 rings (SSSR count). The summed E-state index contributed by atoms with van der Waals surface area (Å²) in [4.78, 5) is 4.87. The molecule has 1 aliphatic rings. The van der Waals surface area contributed by atoms with E-state index in [2.05, 4.69) is 49.6 Å². The maximum absolute atomic E-state index is 6.86. The van der Waals surface area contributed by atoms with E-state index in [1.807, 2.05) is 0 Å². The molecule has 0 amide bonds. The summed E-state index contributed by atoms with van der Waals surface area (Å²) in [5, 5.41) is 0. The summed E-state index contributed by atoms with van der Waals surface area (Å²) in [6.45, 7) is 7.79. The van der Waals surface area contributed by atoms with Crippen LogP contribution < -0.4 is 5.73 Å². The molecule has 1 atom stereocenters. The van der Waals surface area contributed by atoms with Gasteiger partial charge in [0, 0.05) is 18.5 Å². The summed E-state index contributed by atoms with van der Waals surface area (Å²) in [7, 11) is 0. The van der Waals surface area contributed by atoms with Crippen LogP contribution in [0.1, 0.15) is 52.3 Å². The van der Waals surface area contributed by atoms with E-state index < -0.39 is 0 Å². The highest BCUT2D eigenvalue weighted by Crippen LogP contribution is 2.44. The van der Waals surface area contributed by atoms with E-state index in [4.69, 9.17) is 10.7 Å². The van der Waals surface area contributed by atoms with Gasteiger partial charge >= 0.3 is 0 Å². The van der Waals surface area contributed by atoms with Gasteiger partial charge < -0.3 is 10.3 Å². The van der Waals surface area contributed by atoms with Crippen molar-refractivity contribution < 1.29 is 0 Å². The van der Waals surface area contributed by atoms with E-state index in [-0.39, 0.29) is 11.0 Å². The number of imidazole rings is 1. The molecule has 0 saturated heterocycles. The minimum Gasteiger partial charge on any atom is -0.328 e. The molecule has 114 valence electrons. The molecule has 0 bridgehead atoms. The summed E-state index contributed by atoms with van der Waals surface area (Å²) >= 11 is 0. The molecule has 1 aromatic heterocycles. The molecule has 0 spiro atoms. The maximum atomic E-state index is 6.86. The van der Waals surface area contributed by atoms with Gasteiger partial charge in [0.25, 0.3) is 0 Å². The van der Waals surface area contributed by atoms with Crippen LogP contribution >= 0.6 is 0 Å². The van der Waals surface area contributed by atoms with E-state index in [1.54, 1.807) is 0 Å². The van der Waals surface area contributed by atoms with E-state index in [9.17, 15) is 0 Å². The van der Waals surface area contributed by atoms with E-state index in [1.165, 1.54) is 24.8 Å². The Morgan fingerprint density at radius 1 is 1.19 bits per heavy atom. The van der Waals surface area contributed by atoms with Crippen LogP contribution in [0.5, 0.6) is 0 Å². The van der Waals surface area contributed by atoms with E-state index in [0.717, 1.165) is 30.7 Å². The lowest BCUT2D eigenvalue weighted by molar-refractivity contribution is 0.0964. The summed E-state index contributed by atoms with van der Waals surface area (Å²) in [6.07, 6.45) is 5.74. The molecular weight excluding hydrogens is 258 g/mol. The fourth-order valence-electron chi connectivity index (χ4n) is 3.82. The second-order valence-electron chi connectivity index (χ2n) is 7.18. The maximum Gasteiger partial charge on any atom is 0.111 e. The van der Waals surface area contributed by atoms with Crippen molar-refractivity contribution in [3.05, 3.63) is 30.1 Å². The van der Waals surface area contributed by atoms with Crippen LogP contribution in [0.3, 0.4) is 0 Å². The van der Waals surface area contributed by atoms with Crippen molar-refractivity contribution in [1.29, 1.82) is 0 Å². The third kappa shape index (κ3) is 2.38. The first kappa shape index (κ1) is 14.6. The van der Waals surface area contributed by atoms with Gasteiger partial charge in [0.1, 0.15) is 5.82 Å². The van der Waals surface area contributed by atoms with Crippen LogP contribution in [0, 0.1) is 5.41 Å². The topological polar surface area (TPSA) is 43.8 Å². The number of nitrogens with two attached hydrogens (primary N) is 1. The van der Waals surface area contributed by atoms with Crippen LogP contribution in [0.25, 0.3) is 11.0 Å². The highest BCUT2D eigenvalue weighted by Gasteiger charge is 2.44. The van der Waals surface area contributed by atoms with Gasteiger partial charge in [-0.2, -0.15) is 0 Å². The largest absolute Gasteiger partial charge is 0.328 e. The number of hydrogen-bond acceptors (Lipinski definition) is 2. The molecule has 1 saturated carbocycles. The van der Waals surface area contributed by atoms with Crippen molar-refractivity contribution >= 4 is 11.0 Å². The standard InChI is InChI=1S/C18H27N3/c1-4-21-15-10-6-5-9-14(15)20-16(21)13-18(19)12-8-7-11-17(18,2)3/h5-6,9-10H,4,7-8,11-13,19H2,1-3H3. The van der Waals surface area contributed by atoms with Crippen molar-refractivity contribution in [3.63, 3.8) is 0 Å². The Bertz CT molecular complexity index is 641. The number of rotatable bonds is 3. The molecule has 2 aromatic rings. The van der Waals surface area contributed by atoms with Gasteiger partial charge in [-0.1, -0.05) is 38.8 Å². The Balaban J connectivity index is 2.01. The Labute approximate surface area is 127 Å². The SMILES string of the molecule is CCn1c(CC2(N)CCCCC2(C)C)nc2ccccc21.